The van der Waals surface area contributed by atoms with E-state index in [1.54, 1.807) is 0 Å². The summed E-state index contributed by atoms with van der Waals surface area (Å²) in [7, 11) is 0. The maximum absolute atomic E-state index is 6.39. The molecule has 0 spiro atoms. The molecule has 150 valence electrons. The maximum Gasteiger partial charge on any atom is 0.151 e. The Morgan fingerprint density at radius 2 is 1.71 bits per heavy atom. The quantitative estimate of drug-likeness (QED) is 0.626. The molecule has 3 nitrogen and oxygen atoms in total. The van der Waals surface area contributed by atoms with Gasteiger partial charge in [-0.25, -0.2) is 0 Å². The first-order valence-electron chi connectivity index (χ1n) is 10.6. The molecule has 1 aromatic rings. The van der Waals surface area contributed by atoms with E-state index >= 15 is 0 Å². The van der Waals surface area contributed by atoms with Crippen molar-refractivity contribution in [1.82, 2.24) is 4.90 Å². The second kappa shape index (κ2) is 9.62. The normalized spacial score (nSPS) is 22.7. The molecule has 1 aromatic carbocycles. The van der Waals surface area contributed by atoms with E-state index in [1.165, 1.54) is 19.3 Å². The standard InChI is InChI=1S/C25H33NO2/c1-4-24(3,22-14-8-6-9-15-22)27-20-23(26-18-12-13-19-26)21-28-25(5-2)16-10-7-11-17-25/h1-2,6,8-9,14-15,23H,7,10-13,16-21H2,3H3. The summed E-state index contributed by atoms with van der Waals surface area (Å²) in [6.07, 6.45) is 19.7. The summed E-state index contributed by atoms with van der Waals surface area (Å²) in [5, 5.41) is 0. The average molecular weight is 380 g/mol. The number of terminal acetylenes is 2. The molecule has 0 radical (unpaired) electrons. The lowest BCUT2D eigenvalue weighted by atomic mass is 9.85. The number of ether oxygens (including phenoxy) is 2. The van der Waals surface area contributed by atoms with Gasteiger partial charge in [0.2, 0.25) is 0 Å². The van der Waals surface area contributed by atoms with Crippen LogP contribution in [0.2, 0.25) is 0 Å². The summed E-state index contributed by atoms with van der Waals surface area (Å²) >= 11 is 0. The highest BCUT2D eigenvalue weighted by atomic mass is 16.5. The predicted molar refractivity (Wildman–Crippen MR) is 114 cm³/mol. The van der Waals surface area contributed by atoms with Crippen molar-refractivity contribution in [3.05, 3.63) is 35.9 Å². The molecular formula is C25H33NO2. The van der Waals surface area contributed by atoms with Gasteiger partial charge in [0.1, 0.15) is 5.60 Å². The van der Waals surface area contributed by atoms with Crippen LogP contribution in [0.25, 0.3) is 0 Å². The number of hydrogen-bond donors (Lipinski definition) is 0. The Kier molecular flexibility index (Phi) is 7.19. The van der Waals surface area contributed by atoms with Crippen LogP contribution in [0.15, 0.2) is 30.3 Å². The van der Waals surface area contributed by atoms with E-state index in [9.17, 15) is 0 Å². The largest absolute Gasteiger partial charge is 0.361 e. The molecule has 2 aliphatic rings. The number of likely N-dealkylation sites (tertiary alicyclic amines) is 1. The molecule has 1 heterocycles. The van der Waals surface area contributed by atoms with Gasteiger partial charge in [-0.1, -0.05) is 48.6 Å². The zero-order valence-corrected chi connectivity index (χ0v) is 17.2. The van der Waals surface area contributed by atoms with E-state index in [2.05, 4.69) is 16.7 Å². The van der Waals surface area contributed by atoms with Crippen molar-refractivity contribution < 1.29 is 9.47 Å². The Labute approximate surface area is 170 Å². The third-order valence-electron chi connectivity index (χ3n) is 6.30. The molecule has 3 heteroatoms. The molecule has 0 aromatic heterocycles. The van der Waals surface area contributed by atoms with Gasteiger partial charge < -0.3 is 9.47 Å². The van der Waals surface area contributed by atoms with Gasteiger partial charge in [0.15, 0.2) is 5.60 Å². The number of rotatable bonds is 8. The van der Waals surface area contributed by atoms with Crippen molar-refractivity contribution in [3.63, 3.8) is 0 Å². The molecule has 1 saturated heterocycles. The minimum Gasteiger partial charge on any atom is -0.361 e. The molecule has 2 atom stereocenters. The van der Waals surface area contributed by atoms with Crippen LogP contribution in [0.3, 0.4) is 0 Å². The molecule has 1 aliphatic heterocycles. The van der Waals surface area contributed by atoms with Crippen LogP contribution >= 0.6 is 0 Å². The number of nitrogens with zero attached hydrogens (tertiary/aromatic N) is 1. The first kappa shape index (κ1) is 20.9. The summed E-state index contributed by atoms with van der Waals surface area (Å²) in [6, 6.07) is 10.2. The Morgan fingerprint density at radius 3 is 2.32 bits per heavy atom. The molecule has 2 fully saturated rings. The Hall–Kier alpha value is -1.78. The van der Waals surface area contributed by atoms with E-state index < -0.39 is 11.2 Å². The van der Waals surface area contributed by atoms with E-state index in [1.807, 2.05) is 37.3 Å². The Morgan fingerprint density at radius 1 is 1.04 bits per heavy atom. The maximum atomic E-state index is 6.39. The van der Waals surface area contributed by atoms with Crippen LogP contribution in [-0.4, -0.2) is 42.8 Å². The molecular weight excluding hydrogens is 346 g/mol. The predicted octanol–water partition coefficient (Wildman–Crippen LogP) is 4.37. The van der Waals surface area contributed by atoms with E-state index in [0.717, 1.165) is 44.3 Å². The van der Waals surface area contributed by atoms with Crippen molar-refractivity contribution in [2.45, 2.75) is 69.1 Å². The third-order valence-corrected chi connectivity index (χ3v) is 6.30. The fourth-order valence-corrected chi connectivity index (χ4v) is 4.30. The minimum absolute atomic E-state index is 0.172. The molecule has 1 aliphatic carbocycles. The lowest BCUT2D eigenvalue weighted by molar-refractivity contribution is -0.0822. The molecule has 0 N–H and O–H groups in total. The first-order chi connectivity index (χ1) is 13.6. The second-order valence-electron chi connectivity index (χ2n) is 8.26. The summed E-state index contributed by atoms with van der Waals surface area (Å²) in [5.74, 6) is 5.81. The monoisotopic (exact) mass is 379 g/mol. The number of hydrogen-bond acceptors (Lipinski definition) is 3. The Balaban J connectivity index is 1.66. The molecule has 1 saturated carbocycles. The van der Waals surface area contributed by atoms with Gasteiger partial charge in [-0.3, -0.25) is 4.90 Å². The smallest absolute Gasteiger partial charge is 0.151 e. The lowest BCUT2D eigenvalue weighted by Crippen LogP contribution is -2.45. The fourth-order valence-electron chi connectivity index (χ4n) is 4.30. The highest BCUT2D eigenvalue weighted by molar-refractivity contribution is 5.29. The molecule has 2 unspecified atom stereocenters. The SMILES string of the molecule is C#CC1(OCC(COC(C)(C#C)c2ccccc2)N2CCCC2)CCCCC1. The topological polar surface area (TPSA) is 21.7 Å². The highest BCUT2D eigenvalue weighted by Gasteiger charge is 2.34. The van der Waals surface area contributed by atoms with E-state index in [0.29, 0.717) is 13.2 Å². The summed E-state index contributed by atoms with van der Waals surface area (Å²) < 4.78 is 12.7. The van der Waals surface area contributed by atoms with Gasteiger partial charge in [-0.05, 0) is 64.1 Å². The molecule has 0 amide bonds. The first-order valence-corrected chi connectivity index (χ1v) is 10.6. The summed E-state index contributed by atoms with van der Waals surface area (Å²) in [4.78, 5) is 2.47. The van der Waals surface area contributed by atoms with Crippen LogP contribution in [0, 0.1) is 24.7 Å². The van der Waals surface area contributed by atoms with Crippen molar-refractivity contribution >= 4 is 0 Å². The van der Waals surface area contributed by atoms with E-state index in [4.69, 9.17) is 22.3 Å². The lowest BCUT2D eigenvalue weighted by Gasteiger charge is -2.37. The van der Waals surface area contributed by atoms with Crippen molar-refractivity contribution in [2.24, 2.45) is 0 Å². The van der Waals surface area contributed by atoms with Crippen LogP contribution in [0.4, 0.5) is 0 Å². The summed E-state index contributed by atoms with van der Waals surface area (Å²) in [5.41, 5.74) is -0.134. The zero-order chi connectivity index (χ0) is 19.9. The van der Waals surface area contributed by atoms with Crippen LogP contribution in [-0.2, 0) is 15.1 Å². The van der Waals surface area contributed by atoms with Crippen molar-refractivity contribution in [1.29, 1.82) is 0 Å². The van der Waals surface area contributed by atoms with Gasteiger partial charge >= 0.3 is 0 Å². The van der Waals surface area contributed by atoms with Crippen molar-refractivity contribution in [3.8, 4) is 24.7 Å². The van der Waals surface area contributed by atoms with Crippen LogP contribution < -0.4 is 0 Å². The van der Waals surface area contributed by atoms with Gasteiger partial charge in [-0.2, -0.15) is 0 Å². The summed E-state index contributed by atoms with van der Waals surface area (Å²) in [6.45, 7) is 5.27. The zero-order valence-electron chi connectivity index (χ0n) is 17.2. The van der Waals surface area contributed by atoms with Gasteiger partial charge in [0.25, 0.3) is 0 Å². The average Bonchev–Trinajstić information content (AvgIpc) is 3.29. The molecule has 0 bridgehead atoms. The van der Waals surface area contributed by atoms with Crippen LogP contribution in [0.1, 0.15) is 57.4 Å². The second-order valence-corrected chi connectivity index (χ2v) is 8.26. The van der Waals surface area contributed by atoms with Gasteiger partial charge in [0, 0.05) is 0 Å². The van der Waals surface area contributed by atoms with Gasteiger partial charge in [0.05, 0.1) is 19.3 Å². The van der Waals surface area contributed by atoms with Crippen LogP contribution in [0.5, 0.6) is 0 Å². The minimum atomic E-state index is -0.742. The number of benzene rings is 1. The fraction of sp³-hybridized carbons (Fsp3) is 0.600. The van der Waals surface area contributed by atoms with Crippen molar-refractivity contribution in [2.75, 3.05) is 26.3 Å². The molecule has 28 heavy (non-hydrogen) atoms. The third kappa shape index (κ3) is 4.98. The molecule has 3 rings (SSSR count). The highest BCUT2D eigenvalue weighted by Crippen LogP contribution is 2.32. The van der Waals surface area contributed by atoms with E-state index in [-0.39, 0.29) is 6.04 Å². The Bertz CT molecular complexity index is 689. The van der Waals surface area contributed by atoms with Gasteiger partial charge in [-0.15, -0.1) is 12.8 Å².